The number of hydrogen-bond donors (Lipinski definition) is 1. The van der Waals surface area contributed by atoms with Crippen LogP contribution in [0, 0.1) is 10.1 Å². The van der Waals surface area contributed by atoms with E-state index in [9.17, 15) is 10.1 Å². The summed E-state index contributed by atoms with van der Waals surface area (Å²) in [4.78, 5) is 23.1. The van der Waals surface area contributed by atoms with Crippen LogP contribution in [0.1, 0.15) is 26.1 Å². The molecule has 0 aliphatic rings. The van der Waals surface area contributed by atoms with Crippen molar-refractivity contribution < 1.29 is 4.92 Å². The molecule has 2 aromatic heterocycles. The van der Waals surface area contributed by atoms with Gasteiger partial charge in [-0.15, -0.1) is 0 Å². The largest absolute Gasteiger partial charge is 0.364 e. The van der Waals surface area contributed by atoms with E-state index in [-0.39, 0.29) is 17.3 Å². The molecule has 0 aliphatic heterocycles. The van der Waals surface area contributed by atoms with Crippen LogP contribution in [0.2, 0.25) is 0 Å². The van der Waals surface area contributed by atoms with Gasteiger partial charge in [0.05, 0.1) is 4.92 Å². The molecular weight excluding hydrogens is 260 g/mol. The molecule has 0 saturated carbocycles. The lowest BCUT2D eigenvalue weighted by Gasteiger charge is -2.09. The van der Waals surface area contributed by atoms with Gasteiger partial charge >= 0.3 is 5.69 Å². The maximum absolute atomic E-state index is 11.3. The van der Waals surface area contributed by atoms with Gasteiger partial charge in [-0.2, -0.15) is 0 Å². The summed E-state index contributed by atoms with van der Waals surface area (Å²) < 4.78 is 1.64. The molecule has 2 aromatic rings. The van der Waals surface area contributed by atoms with Crippen molar-refractivity contribution in [1.29, 1.82) is 0 Å². The van der Waals surface area contributed by atoms with Gasteiger partial charge < -0.3 is 5.32 Å². The topological polar surface area (TPSA) is 98.8 Å². The Balaban J connectivity index is 2.58. The molecule has 0 fully saturated rings. The predicted octanol–water partition coefficient (Wildman–Crippen LogP) is 1.95. The minimum atomic E-state index is -0.469. The number of aromatic nitrogens is 4. The van der Waals surface area contributed by atoms with E-state index in [1.165, 1.54) is 6.33 Å². The highest BCUT2D eigenvalue weighted by molar-refractivity contribution is 5.64. The van der Waals surface area contributed by atoms with E-state index in [4.69, 9.17) is 0 Å². The van der Waals surface area contributed by atoms with E-state index in [1.54, 1.807) is 17.0 Å². The number of nitrogens with one attached hydrogen (secondary N) is 1. The average molecular weight is 276 g/mol. The number of imidazole rings is 1. The second-order valence-electron chi connectivity index (χ2n) is 4.15. The summed E-state index contributed by atoms with van der Waals surface area (Å²) in [5.74, 6) is 1.21. The average Bonchev–Trinajstić information content (AvgIpc) is 2.87. The Kier molecular flexibility index (Phi) is 4.24. The van der Waals surface area contributed by atoms with E-state index < -0.39 is 4.92 Å². The van der Waals surface area contributed by atoms with Crippen LogP contribution in [0.4, 0.5) is 11.5 Å². The number of aryl methyl sites for hydroxylation is 1. The number of nitro groups is 1. The van der Waals surface area contributed by atoms with Gasteiger partial charge in [0.2, 0.25) is 11.6 Å². The number of anilines is 1. The summed E-state index contributed by atoms with van der Waals surface area (Å²) in [6, 6.07) is 0. The summed E-state index contributed by atoms with van der Waals surface area (Å²) in [7, 11) is 0. The number of nitrogens with zero attached hydrogens (tertiary/aromatic N) is 5. The van der Waals surface area contributed by atoms with Crippen LogP contribution in [0.15, 0.2) is 18.7 Å². The van der Waals surface area contributed by atoms with E-state index >= 15 is 0 Å². The molecule has 0 amide bonds. The highest BCUT2D eigenvalue weighted by Crippen LogP contribution is 2.28. The van der Waals surface area contributed by atoms with E-state index in [2.05, 4.69) is 20.3 Å². The van der Waals surface area contributed by atoms with Crippen molar-refractivity contribution in [3.63, 3.8) is 0 Å². The monoisotopic (exact) mass is 276 g/mol. The van der Waals surface area contributed by atoms with Crippen LogP contribution in [-0.4, -0.2) is 31.0 Å². The molecule has 0 bridgehead atoms. The van der Waals surface area contributed by atoms with Gasteiger partial charge in [-0.25, -0.2) is 15.0 Å². The molecule has 0 saturated heterocycles. The zero-order valence-corrected chi connectivity index (χ0v) is 11.4. The Morgan fingerprint density at radius 3 is 2.80 bits per heavy atom. The molecule has 0 aromatic carbocycles. The fourth-order valence-corrected chi connectivity index (χ4v) is 1.95. The molecular formula is C12H16N6O2. The van der Waals surface area contributed by atoms with Crippen molar-refractivity contribution in [2.24, 2.45) is 0 Å². The molecule has 8 heteroatoms. The highest BCUT2D eigenvalue weighted by atomic mass is 16.6. The third kappa shape index (κ3) is 2.58. The van der Waals surface area contributed by atoms with Crippen LogP contribution in [0.25, 0.3) is 5.82 Å². The van der Waals surface area contributed by atoms with Crippen molar-refractivity contribution in [3.05, 3.63) is 34.7 Å². The van der Waals surface area contributed by atoms with Crippen molar-refractivity contribution in [2.75, 3.05) is 11.9 Å². The molecule has 1 N–H and O–H groups in total. The first-order chi connectivity index (χ1) is 9.69. The Morgan fingerprint density at radius 1 is 1.35 bits per heavy atom. The molecule has 20 heavy (non-hydrogen) atoms. The Labute approximate surface area is 116 Å². The summed E-state index contributed by atoms with van der Waals surface area (Å²) in [6.07, 6.45) is 6.23. The highest BCUT2D eigenvalue weighted by Gasteiger charge is 2.24. The third-order valence-corrected chi connectivity index (χ3v) is 2.75. The van der Waals surface area contributed by atoms with Crippen LogP contribution in [0.5, 0.6) is 0 Å². The van der Waals surface area contributed by atoms with E-state index in [0.29, 0.717) is 6.54 Å². The zero-order chi connectivity index (χ0) is 14.5. The standard InChI is InChI=1S/C12H16N6O2/c1-3-5-9-14-6-7-17(9)12-10(18(19)20)11(13-4-2)15-8-16-12/h6-8H,3-5H2,1-2H3,(H,13,15,16). The normalized spacial score (nSPS) is 10.5. The third-order valence-electron chi connectivity index (χ3n) is 2.75. The molecule has 0 radical (unpaired) electrons. The molecule has 0 atom stereocenters. The van der Waals surface area contributed by atoms with Crippen molar-refractivity contribution in [2.45, 2.75) is 26.7 Å². The first kappa shape index (κ1) is 13.9. The molecule has 0 spiro atoms. The molecule has 0 unspecified atom stereocenters. The molecule has 106 valence electrons. The van der Waals surface area contributed by atoms with Crippen LogP contribution in [0.3, 0.4) is 0 Å². The SMILES string of the molecule is CCCc1nccn1-c1ncnc(NCC)c1[N+](=O)[O-]. The maximum Gasteiger partial charge on any atom is 0.354 e. The van der Waals surface area contributed by atoms with Gasteiger partial charge in [0.1, 0.15) is 12.2 Å². The second-order valence-corrected chi connectivity index (χ2v) is 4.15. The van der Waals surface area contributed by atoms with Crippen molar-refractivity contribution in [3.8, 4) is 5.82 Å². The summed E-state index contributed by atoms with van der Waals surface area (Å²) in [5, 5.41) is 14.2. The van der Waals surface area contributed by atoms with Crippen molar-refractivity contribution in [1.82, 2.24) is 19.5 Å². The zero-order valence-electron chi connectivity index (χ0n) is 11.4. The number of hydrogen-bond acceptors (Lipinski definition) is 6. The fourth-order valence-electron chi connectivity index (χ4n) is 1.95. The van der Waals surface area contributed by atoms with Gasteiger partial charge in [-0.05, 0) is 13.3 Å². The Bertz CT molecular complexity index is 610. The lowest BCUT2D eigenvalue weighted by Crippen LogP contribution is -2.10. The van der Waals surface area contributed by atoms with Crippen LogP contribution in [-0.2, 0) is 6.42 Å². The summed E-state index contributed by atoms with van der Waals surface area (Å²) >= 11 is 0. The lowest BCUT2D eigenvalue weighted by molar-refractivity contribution is -0.384. The summed E-state index contributed by atoms with van der Waals surface area (Å²) in [5.41, 5.74) is -0.135. The number of rotatable bonds is 6. The first-order valence-electron chi connectivity index (χ1n) is 6.44. The Morgan fingerprint density at radius 2 is 2.15 bits per heavy atom. The van der Waals surface area contributed by atoms with Gasteiger partial charge in [-0.3, -0.25) is 14.7 Å². The first-order valence-corrected chi connectivity index (χ1v) is 6.44. The minimum Gasteiger partial charge on any atom is -0.364 e. The van der Waals surface area contributed by atoms with E-state index in [1.807, 2.05) is 13.8 Å². The van der Waals surface area contributed by atoms with Crippen LogP contribution < -0.4 is 5.32 Å². The van der Waals surface area contributed by atoms with Crippen molar-refractivity contribution >= 4 is 11.5 Å². The van der Waals surface area contributed by atoms with Gasteiger partial charge in [0, 0.05) is 25.4 Å². The predicted molar refractivity (Wildman–Crippen MR) is 74.0 cm³/mol. The molecule has 2 heterocycles. The summed E-state index contributed by atoms with van der Waals surface area (Å²) in [6.45, 7) is 4.42. The quantitative estimate of drug-likeness (QED) is 0.639. The molecule has 0 aliphatic carbocycles. The lowest BCUT2D eigenvalue weighted by atomic mass is 10.3. The Hall–Kier alpha value is -2.51. The van der Waals surface area contributed by atoms with Crippen LogP contribution >= 0.6 is 0 Å². The van der Waals surface area contributed by atoms with Gasteiger partial charge in [0.15, 0.2) is 0 Å². The maximum atomic E-state index is 11.3. The van der Waals surface area contributed by atoms with Gasteiger partial charge in [-0.1, -0.05) is 6.92 Å². The minimum absolute atomic E-state index is 0.135. The molecule has 8 nitrogen and oxygen atoms in total. The van der Waals surface area contributed by atoms with E-state index in [0.717, 1.165) is 18.7 Å². The smallest absolute Gasteiger partial charge is 0.354 e. The second kappa shape index (κ2) is 6.09. The fraction of sp³-hybridized carbons (Fsp3) is 0.417. The van der Waals surface area contributed by atoms with Gasteiger partial charge in [0.25, 0.3) is 0 Å². The molecule has 2 rings (SSSR count).